The molecule has 0 amide bonds. The zero-order valence-corrected chi connectivity index (χ0v) is 13.6. The van der Waals surface area contributed by atoms with Crippen molar-refractivity contribution < 1.29 is 9.53 Å². The van der Waals surface area contributed by atoms with Crippen molar-refractivity contribution >= 4 is 14.4 Å². The van der Waals surface area contributed by atoms with Crippen molar-refractivity contribution in [3.63, 3.8) is 0 Å². The van der Waals surface area contributed by atoms with Gasteiger partial charge in [0.25, 0.3) is 0 Å². The van der Waals surface area contributed by atoms with Gasteiger partial charge in [-0.1, -0.05) is 43.9 Å². The van der Waals surface area contributed by atoms with Crippen LogP contribution in [0.4, 0.5) is 0 Å². The summed E-state index contributed by atoms with van der Waals surface area (Å²) in [5, 5.41) is 11.6. The molecular weight excluding hydrogens is 284 g/mol. The molecule has 2 aromatic rings. The van der Waals surface area contributed by atoms with E-state index in [9.17, 15) is 4.79 Å². The van der Waals surface area contributed by atoms with Crippen molar-refractivity contribution in [2.75, 3.05) is 6.61 Å². The van der Waals surface area contributed by atoms with Crippen LogP contribution >= 0.6 is 0 Å². The lowest BCUT2D eigenvalue weighted by atomic mass is 10.1. The second-order valence-corrected chi connectivity index (χ2v) is 11.7. The Balaban J connectivity index is 1.99. The quantitative estimate of drug-likeness (QED) is 0.446. The fourth-order valence-corrected chi connectivity index (χ4v) is 2.50. The number of carbonyl (C=O) groups excluding carboxylic acids is 1. The first-order valence-electron chi connectivity index (χ1n) is 6.89. The third kappa shape index (κ3) is 4.57. The first-order chi connectivity index (χ1) is 9.99. The van der Waals surface area contributed by atoms with Crippen molar-refractivity contribution in [1.82, 2.24) is 20.2 Å². The molecule has 0 N–H and O–H groups in total. The minimum atomic E-state index is -1.09. The maximum absolute atomic E-state index is 10.7. The SMILES string of the molecule is C[Si](C)(C)CCOCn1nnnc1-c1ccc(C=O)cc1. The Morgan fingerprint density at radius 3 is 2.57 bits per heavy atom. The number of carbonyl (C=O) groups is 1. The van der Waals surface area contributed by atoms with E-state index in [1.54, 1.807) is 16.8 Å². The van der Waals surface area contributed by atoms with Gasteiger partial charge in [-0.25, -0.2) is 0 Å². The van der Waals surface area contributed by atoms with E-state index < -0.39 is 8.07 Å². The molecular formula is C14H20N4O2Si. The molecule has 0 unspecified atom stereocenters. The number of aldehydes is 1. The van der Waals surface area contributed by atoms with Crippen LogP contribution in [0.1, 0.15) is 10.4 Å². The van der Waals surface area contributed by atoms with Gasteiger partial charge in [0, 0.05) is 25.8 Å². The standard InChI is InChI=1S/C14H20N4O2Si/c1-21(2,3)9-8-20-11-18-14(15-16-17-18)13-6-4-12(10-19)5-7-13/h4-7,10H,8-9,11H2,1-3H3. The van der Waals surface area contributed by atoms with Crippen molar-refractivity contribution in [3.8, 4) is 11.4 Å². The molecule has 0 fully saturated rings. The van der Waals surface area contributed by atoms with Gasteiger partial charge in [-0.3, -0.25) is 4.79 Å². The Bertz CT molecular complexity index is 590. The Hall–Kier alpha value is -1.86. The van der Waals surface area contributed by atoms with E-state index in [1.807, 2.05) is 12.1 Å². The smallest absolute Gasteiger partial charge is 0.184 e. The van der Waals surface area contributed by atoms with Crippen LogP contribution in [-0.2, 0) is 11.5 Å². The van der Waals surface area contributed by atoms with E-state index in [-0.39, 0.29) is 0 Å². The Morgan fingerprint density at radius 1 is 1.24 bits per heavy atom. The highest BCUT2D eigenvalue weighted by Crippen LogP contribution is 2.16. The monoisotopic (exact) mass is 304 g/mol. The molecule has 0 saturated heterocycles. The summed E-state index contributed by atoms with van der Waals surface area (Å²) in [5.41, 5.74) is 1.49. The summed E-state index contributed by atoms with van der Waals surface area (Å²) < 4.78 is 7.29. The molecule has 0 radical (unpaired) electrons. The lowest BCUT2D eigenvalue weighted by Crippen LogP contribution is -2.22. The topological polar surface area (TPSA) is 69.9 Å². The molecule has 2 rings (SSSR count). The highest BCUT2D eigenvalue weighted by Gasteiger charge is 2.13. The van der Waals surface area contributed by atoms with Gasteiger partial charge < -0.3 is 4.74 Å². The number of tetrazole rings is 1. The third-order valence-electron chi connectivity index (χ3n) is 3.05. The molecule has 1 aromatic heterocycles. The Labute approximate surface area is 125 Å². The zero-order valence-electron chi connectivity index (χ0n) is 12.6. The molecule has 21 heavy (non-hydrogen) atoms. The summed E-state index contributed by atoms with van der Waals surface area (Å²) >= 11 is 0. The molecule has 1 aromatic carbocycles. The summed E-state index contributed by atoms with van der Waals surface area (Å²) in [7, 11) is -1.09. The van der Waals surface area contributed by atoms with E-state index >= 15 is 0 Å². The molecule has 0 aliphatic rings. The molecule has 0 atom stereocenters. The largest absolute Gasteiger partial charge is 0.359 e. The van der Waals surface area contributed by atoms with Gasteiger partial charge in [0.1, 0.15) is 13.0 Å². The van der Waals surface area contributed by atoms with Crippen LogP contribution in [0.25, 0.3) is 11.4 Å². The molecule has 0 bridgehead atoms. The van der Waals surface area contributed by atoms with Gasteiger partial charge in [0.2, 0.25) is 0 Å². The van der Waals surface area contributed by atoms with Gasteiger partial charge in [-0.05, 0) is 16.5 Å². The number of aromatic nitrogens is 4. The first kappa shape index (κ1) is 15.5. The lowest BCUT2D eigenvalue weighted by molar-refractivity contribution is 0.0784. The number of nitrogens with zero attached hydrogens (tertiary/aromatic N) is 4. The molecule has 0 aliphatic carbocycles. The average molecular weight is 304 g/mol. The fraction of sp³-hybridized carbons (Fsp3) is 0.429. The number of hydrogen-bond donors (Lipinski definition) is 0. The van der Waals surface area contributed by atoms with Gasteiger partial charge in [0.15, 0.2) is 5.82 Å². The van der Waals surface area contributed by atoms with Gasteiger partial charge in [0.05, 0.1) is 0 Å². The van der Waals surface area contributed by atoms with Crippen LogP contribution in [0.3, 0.4) is 0 Å². The number of hydrogen-bond acceptors (Lipinski definition) is 5. The molecule has 1 heterocycles. The van der Waals surface area contributed by atoms with Crippen molar-refractivity contribution in [1.29, 1.82) is 0 Å². The normalized spacial score (nSPS) is 11.6. The van der Waals surface area contributed by atoms with E-state index in [0.29, 0.717) is 18.1 Å². The van der Waals surface area contributed by atoms with Crippen molar-refractivity contribution in [2.45, 2.75) is 32.4 Å². The van der Waals surface area contributed by atoms with Crippen molar-refractivity contribution in [3.05, 3.63) is 29.8 Å². The van der Waals surface area contributed by atoms with Crippen LogP contribution in [0.2, 0.25) is 25.7 Å². The summed E-state index contributed by atoms with van der Waals surface area (Å²) in [4.78, 5) is 10.7. The maximum Gasteiger partial charge on any atom is 0.184 e. The number of rotatable bonds is 7. The summed E-state index contributed by atoms with van der Waals surface area (Å²) in [6.45, 7) is 8.00. The van der Waals surface area contributed by atoms with Gasteiger partial charge in [-0.2, -0.15) is 4.68 Å². The molecule has 0 saturated carbocycles. The van der Waals surface area contributed by atoms with E-state index in [4.69, 9.17) is 4.74 Å². The fourth-order valence-electron chi connectivity index (χ4n) is 1.74. The summed E-state index contributed by atoms with van der Waals surface area (Å²) in [6.07, 6.45) is 0.812. The minimum absolute atomic E-state index is 0.336. The first-order valence-corrected chi connectivity index (χ1v) is 10.6. The van der Waals surface area contributed by atoms with Gasteiger partial charge >= 0.3 is 0 Å². The predicted molar refractivity (Wildman–Crippen MR) is 82.7 cm³/mol. The molecule has 0 aliphatic heterocycles. The molecule has 112 valence electrons. The van der Waals surface area contributed by atoms with Crippen molar-refractivity contribution in [2.24, 2.45) is 0 Å². The summed E-state index contributed by atoms with van der Waals surface area (Å²) in [5.74, 6) is 0.639. The van der Waals surface area contributed by atoms with E-state index in [0.717, 1.165) is 24.5 Å². The van der Waals surface area contributed by atoms with Gasteiger partial charge in [-0.15, -0.1) is 5.10 Å². The molecule has 7 heteroatoms. The number of ether oxygens (including phenoxy) is 1. The van der Waals surface area contributed by atoms with Crippen LogP contribution in [0.15, 0.2) is 24.3 Å². The minimum Gasteiger partial charge on any atom is -0.359 e. The predicted octanol–water partition coefficient (Wildman–Crippen LogP) is 2.46. The highest BCUT2D eigenvalue weighted by molar-refractivity contribution is 6.76. The average Bonchev–Trinajstić information content (AvgIpc) is 2.91. The maximum atomic E-state index is 10.7. The highest BCUT2D eigenvalue weighted by atomic mass is 28.3. The summed E-state index contributed by atoms with van der Waals surface area (Å²) in [6, 6.07) is 8.25. The van der Waals surface area contributed by atoms with Crippen LogP contribution in [0.5, 0.6) is 0 Å². The van der Waals surface area contributed by atoms with Crippen LogP contribution in [0, 0.1) is 0 Å². The zero-order chi connectivity index (χ0) is 15.3. The molecule has 0 spiro atoms. The van der Waals surface area contributed by atoms with E-state index in [1.165, 1.54) is 0 Å². The second-order valence-electron chi connectivity index (χ2n) is 6.09. The second kappa shape index (κ2) is 6.73. The Morgan fingerprint density at radius 2 is 1.95 bits per heavy atom. The van der Waals surface area contributed by atoms with Crippen LogP contribution < -0.4 is 0 Å². The third-order valence-corrected chi connectivity index (χ3v) is 4.75. The van der Waals surface area contributed by atoms with E-state index in [2.05, 4.69) is 35.2 Å². The lowest BCUT2D eigenvalue weighted by Gasteiger charge is -2.15. The Kier molecular flexibility index (Phi) is 4.97. The molecule has 6 nitrogen and oxygen atoms in total. The van der Waals surface area contributed by atoms with Crippen LogP contribution in [-0.4, -0.2) is 41.2 Å². The number of benzene rings is 1.